The molecule has 3 nitrogen and oxygen atoms in total. The van der Waals surface area contributed by atoms with Crippen molar-refractivity contribution in [3.05, 3.63) is 75.3 Å². The predicted molar refractivity (Wildman–Crippen MR) is 107 cm³/mol. The third-order valence-electron chi connectivity index (χ3n) is 4.60. The second kappa shape index (κ2) is 6.58. The summed E-state index contributed by atoms with van der Waals surface area (Å²) in [5.74, 6) is 0.371. The highest BCUT2D eigenvalue weighted by molar-refractivity contribution is 6.42. The molecule has 0 spiro atoms. The van der Waals surface area contributed by atoms with E-state index >= 15 is 0 Å². The average molecular weight is 370 g/mol. The Balaban J connectivity index is 1.59. The molecule has 0 bridgehead atoms. The van der Waals surface area contributed by atoms with Crippen LogP contribution in [0, 0.1) is 0 Å². The van der Waals surface area contributed by atoms with Crippen LogP contribution < -0.4 is 11.1 Å². The normalized spacial score (nSPS) is 13.4. The van der Waals surface area contributed by atoms with E-state index in [0.29, 0.717) is 22.5 Å². The maximum Gasteiger partial charge on any atom is 0.193 e. The summed E-state index contributed by atoms with van der Waals surface area (Å²) in [7, 11) is 0. The zero-order valence-electron chi connectivity index (χ0n) is 13.5. The van der Waals surface area contributed by atoms with Gasteiger partial charge in [0.25, 0.3) is 0 Å². The van der Waals surface area contributed by atoms with Gasteiger partial charge >= 0.3 is 0 Å². The van der Waals surface area contributed by atoms with Gasteiger partial charge in [-0.15, -0.1) is 0 Å². The number of guanidine groups is 1. The first-order chi connectivity index (χ1) is 12.1. The van der Waals surface area contributed by atoms with Crippen molar-refractivity contribution in [1.82, 2.24) is 0 Å². The zero-order chi connectivity index (χ0) is 17.4. The first-order valence-electron chi connectivity index (χ1n) is 8.17. The summed E-state index contributed by atoms with van der Waals surface area (Å²) in [5.41, 5.74) is 10.7. The molecule has 0 unspecified atom stereocenters. The molecule has 0 aliphatic heterocycles. The van der Waals surface area contributed by atoms with Crippen molar-refractivity contribution in [3.8, 4) is 0 Å². The second-order valence-corrected chi connectivity index (χ2v) is 6.93. The molecule has 5 heteroatoms. The van der Waals surface area contributed by atoms with Gasteiger partial charge in [0.1, 0.15) is 0 Å². The quantitative estimate of drug-likeness (QED) is 0.494. The number of rotatable bonds is 3. The summed E-state index contributed by atoms with van der Waals surface area (Å²) in [6, 6.07) is 16.2. The maximum atomic E-state index is 6.19. The first kappa shape index (κ1) is 16.2. The molecular weight excluding hydrogens is 353 g/mol. The van der Waals surface area contributed by atoms with Gasteiger partial charge in [-0.2, -0.15) is 0 Å². The molecule has 4 rings (SSSR count). The van der Waals surface area contributed by atoms with Gasteiger partial charge in [-0.25, -0.2) is 4.99 Å². The van der Waals surface area contributed by atoms with Crippen LogP contribution in [0.1, 0.15) is 16.7 Å². The van der Waals surface area contributed by atoms with Gasteiger partial charge in [0.05, 0.1) is 16.6 Å². The van der Waals surface area contributed by atoms with Crippen LogP contribution in [-0.4, -0.2) is 5.96 Å². The summed E-state index contributed by atoms with van der Waals surface area (Å²) in [6.45, 7) is 0.381. The van der Waals surface area contributed by atoms with Crippen LogP contribution in [0.2, 0.25) is 10.0 Å². The van der Waals surface area contributed by atoms with Gasteiger partial charge in [0, 0.05) is 5.69 Å². The highest BCUT2D eigenvalue weighted by Crippen LogP contribution is 2.35. The van der Waals surface area contributed by atoms with Gasteiger partial charge in [-0.3, -0.25) is 0 Å². The van der Waals surface area contributed by atoms with Gasteiger partial charge < -0.3 is 11.1 Å². The van der Waals surface area contributed by atoms with E-state index in [2.05, 4.69) is 40.6 Å². The number of hydrogen-bond donors (Lipinski definition) is 2. The maximum absolute atomic E-state index is 6.19. The summed E-state index contributed by atoms with van der Waals surface area (Å²) < 4.78 is 0. The topological polar surface area (TPSA) is 50.4 Å². The molecule has 3 N–H and O–H groups in total. The Labute approximate surface area is 156 Å². The summed E-state index contributed by atoms with van der Waals surface area (Å²) >= 11 is 12.2. The Morgan fingerprint density at radius 2 is 1.88 bits per heavy atom. The second-order valence-electron chi connectivity index (χ2n) is 6.15. The van der Waals surface area contributed by atoms with Crippen LogP contribution in [-0.2, 0) is 19.4 Å². The van der Waals surface area contributed by atoms with Gasteiger partial charge in [0.15, 0.2) is 5.96 Å². The van der Waals surface area contributed by atoms with E-state index in [0.717, 1.165) is 24.1 Å². The van der Waals surface area contributed by atoms with E-state index in [9.17, 15) is 0 Å². The number of nitrogens with two attached hydrogens (primary N) is 1. The van der Waals surface area contributed by atoms with Crippen molar-refractivity contribution in [3.63, 3.8) is 0 Å². The molecule has 25 heavy (non-hydrogen) atoms. The summed E-state index contributed by atoms with van der Waals surface area (Å²) in [5, 5.41) is 6.91. The number of nitrogens with one attached hydrogen (secondary N) is 1. The number of hydrogen-bond acceptors (Lipinski definition) is 1. The van der Waals surface area contributed by atoms with E-state index in [1.807, 2.05) is 12.1 Å². The third-order valence-corrected chi connectivity index (χ3v) is 5.46. The molecule has 0 amide bonds. The molecule has 0 atom stereocenters. The molecule has 0 saturated carbocycles. The number of aliphatic imine (C=N–C) groups is 1. The number of benzene rings is 3. The molecule has 0 fully saturated rings. The van der Waals surface area contributed by atoms with E-state index in [-0.39, 0.29) is 0 Å². The smallest absolute Gasteiger partial charge is 0.193 e. The number of nitrogens with zero attached hydrogens (tertiary/aromatic N) is 1. The number of anilines is 1. The van der Waals surface area contributed by atoms with E-state index < -0.39 is 0 Å². The first-order valence-corrected chi connectivity index (χ1v) is 8.92. The average Bonchev–Trinajstić information content (AvgIpc) is 3.05. The van der Waals surface area contributed by atoms with Crippen molar-refractivity contribution in [2.45, 2.75) is 19.4 Å². The lowest BCUT2D eigenvalue weighted by Crippen LogP contribution is -2.23. The summed E-state index contributed by atoms with van der Waals surface area (Å²) in [6.07, 6.45) is 2.09. The van der Waals surface area contributed by atoms with E-state index in [4.69, 9.17) is 28.9 Å². The van der Waals surface area contributed by atoms with E-state index in [1.54, 1.807) is 6.07 Å². The Morgan fingerprint density at radius 1 is 1.04 bits per heavy atom. The van der Waals surface area contributed by atoms with Crippen LogP contribution in [0.3, 0.4) is 0 Å². The van der Waals surface area contributed by atoms with Crippen LogP contribution in [0.25, 0.3) is 10.8 Å². The van der Waals surface area contributed by atoms with Crippen molar-refractivity contribution in [2.24, 2.45) is 10.7 Å². The lowest BCUT2D eigenvalue weighted by atomic mass is 10.0. The van der Waals surface area contributed by atoms with Crippen molar-refractivity contribution in [1.29, 1.82) is 0 Å². The molecule has 3 aromatic rings. The van der Waals surface area contributed by atoms with Gasteiger partial charge in [0.2, 0.25) is 0 Å². The molecule has 3 aromatic carbocycles. The summed E-state index contributed by atoms with van der Waals surface area (Å²) in [4.78, 5) is 4.40. The van der Waals surface area contributed by atoms with Crippen LogP contribution >= 0.6 is 23.2 Å². The molecule has 0 aromatic heterocycles. The van der Waals surface area contributed by atoms with Crippen LogP contribution in [0.5, 0.6) is 0 Å². The number of halogens is 2. The molecule has 1 aliphatic carbocycles. The fourth-order valence-corrected chi connectivity index (χ4v) is 3.78. The fourth-order valence-electron chi connectivity index (χ4n) is 3.40. The predicted octanol–water partition coefficient (Wildman–Crippen LogP) is 5.17. The molecule has 0 saturated heterocycles. The monoisotopic (exact) mass is 369 g/mol. The molecule has 0 heterocycles. The number of aryl methyl sites for hydroxylation is 2. The minimum Gasteiger partial charge on any atom is -0.370 e. The lowest BCUT2D eigenvalue weighted by molar-refractivity contribution is 1.02. The zero-order valence-corrected chi connectivity index (χ0v) is 15.0. The van der Waals surface area contributed by atoms with Gasteiger partial charge in [-0.1, -0.05) is 59.6 Å². The standard InChI is InChI=1S/C20H17Cl2N3/c21-16-6-2-5-14(19(16)22)11-24-20(23)25-17-10-8-13-4-1-3-12-7-9-15(17)18(12)13/h1-6,8,10H,7,9,11H2,(H3,23,24,25). The Bertz CT molecular complexity index is 996. The third kappa shape index (κ3) is 3.06. The lowest BCUT2D eigenvalue weighted by Gasteiger charge is -2.11. The highest BCUT2D eigenvalue weighted by Gasteiger charge is 2.17. The minimum atomic E-state index is 0.371. The Hall–Kier alpha value is -2.23. The molecular formula is C20H17Cl2N3. The van der Waals surface area contributed by atoms with E-state index in [1.165, 1.54) is 21.9 Å². The molecule has 1 aliphatic rings. The van der Waals surface area contributed by atoms with Crippen molar-refractivity contribution in [2.75, 3.05) is 5.32 Å². The largest absolute Gasteiger partial charge is 0.370 e. The van der Waals surface area contributed by atoms with Crippen molar-refractivity contribution >= 4 is 45.6 Å². The van der Waals surface area contributed by atoms with Crippen LogP contribution in [0.15, 0.2) is 53.5 Å². The van der Waals surface area contributed by atoms with Crippen LogP contribution in [0.4, 0.5) is 5.69 Å². The highest BCUT2D eigenvalue weighted by atomic mass is 35.5. The minimum absolute atomic E-state index is 0.371. The molecule has 126 valence electrons. The Kier molecular flexibility index (Phi) is 4.28. The van der Waals surface area contributed by atoms with Gasteiger partial charge in [-0.05, 0) is 52.4 Å². The fraction of sp³-hybridized carbons (Fsp3) is 0.150. The van der Waals surface area contributed by atoms with Crippen molar-refractivity contribution < 1.29 is 0 Å². The molecule has 0 radical (unpaired) electrons. The Morgan fingerprint density at radius 3 is 2.76 bits per heavy atom. The SMILES string of the molecule is NC(=NCc1cccc(Cl)c1Cl)Nc1ccc2cccc3c2c1CC3.